The first-order chi connectivity index (χ1) is 13.5. The highest BCUT2D eigenvalue weighted by Crippen LogP contribution is 2.41. The van der Waals surface area contributed by atoms with Crippen LogP contribution in [0.1, 0.15) is 27.0 Å². The van der Waals surface area contributed by atoms with E-state index >= 15 is 0 Å². The number of rotatable bonds is 5. The summed E-state index contributed by atoms with van der Waals surface area (Å²) in [5, 5.41) is 8.03. The molecule has 0 spiro atoms. The van der Waals surface area contributed by atoms with Crippen molar-refractivity contribution in [3.8, 4) is 0 Å². The molecule has 0 aliphatic heterocycles. The first-order valence-electron chi connectivity index (χ1n) is 8.69. The summed E-state index contributed by atoms with van der Waals surface area (Å²) in [6.07, 6.45) is 1.56. The van der Waals surface area contributed by atoms with Gasteiger partial charge in [0.15, 0.2) is 5.82 Å². The van der Waals surface area contributed by atoms with Gasteiger partial charge in [0.25, 0.3) is 0 Å². The number of thioether (sulfide) groups is 1. The number of carbonyl (C=O) groups excluding carboxylic acids is 1. The predicted molar refractivity (Wildman–Crippen MR) is 112 cm³/mol. The zero-order valence-electron chi connectivity index (χ0n) is 15.6. The summed E-state index contributed by atoms with van der Waals surface area (Å²) < 4.78 is 5.05. The Balaban J connectivity index is 1.71. The van der Waals surface area contributed by atoms with Crippen LogP contribution in [0.4, 0.5) is 5.82 Å². The molecule has 8 heteroatoms. The van der Waals surface area contributed by atoms with Crippen LogP contribution in [0.2, 0.25) is 0 Å². The van der Waals surface area contributed by atoms with Crippen molar-refractivity contribution in [3.63, 3.8) is 0 Å². The third kappa shape index (κ3) is 3.65. The second kappa shape index (κ2) is 7.73. The second-order valence-corrected chi connectivity index (χ2v) is 8.66. The Bertz CT molecular complexity index is 1140. The molecule has 0 saturated carbocycles. The second-order valence-electron chi connectivity index (χ2n) is 6.36. The van der Waals surface area contributed by atoms with Crippen molar-refractivity contribution in [2.45, 2.75) is 31.0 Å². The number of benzene rings is 1. The molecule has 0 aliphatic rings. The highest BCUT2D eigenvalue weighted by molar-refractivity contribution is 8.00. The lowest BCUT2D eigenvalue weighted by Gasteiger charge is -2.16. The Labute approximate surface area is 170 Å². The molecule has 1 amide bonds. The number of nitrogens with one attached hydrogen (secondary N) is 1. The lowest BCUT2D eigenvalue weighted by Crippen LogP contribution is -2.19. The number of amides is 1. The number of thiophene rings is 1. The van der Waals surface area contributed by atoms with Crippen molar-refractivity contribution in [1.82, 2.24) is 15.1 Å². The van der Waals surface area contributed by atoms with Crippen LogP contribution in [-0.4, -0.2) is 21.0 Å². The Morgan fingerprint density at radius 1 is 1.18 bits per heavy atom. The zero-order chi connectivity index (χ0) is 19.7. The normalized spacial score (nSPS) is 12.2. The van der Waals surface area contributed by atoms with Crippen LogP contribution in [0.5, 0.6) is 0 Å². The fourth-order valence-electron chi connectivity index (χ4n) is 2.87. The van der Waals surface area contributed by atoms with Crippen molar-refractivity contribution < 1.29 is 9.32 Å². The van der Waals surface area contributed by atoms with E-state index in [2.05, 4.69) is 34.3 Å². The van der Waals surface area contributed by atoms with Gasteiger partial charge in [-0.2, -0.15) is 0 Å². The first kappa shape index (κ1) is 18.6. The predicted octanol–water partition coefficient (Wildman–Crippen LogP) is 5.08. The molecule has 6 nitrogen and oxygen atoms in total. The number of carbonyl (C=O) groups is 1. The van der Waals surface area contributed by atoms with Gasteiger partial charge in [-0.05, 0) is 31.9 Å². The van der Waals surface area contributed by atoms with Crippen LogP contribution < -0.4 is 5.32 Å². The maximum Gasteiger partial charge on any atom is 0.243 e. The van der Waals surface area contributed by atoms with Gasteiger partial charge in [0.2, 0.25) is 5.91 Å². The quantitative estimate of drug-likeness (QED) is 0.365. The van der Waals surface area contributed by atoms with Gasteiger partial charge in [-0.3, -0.25) is 4.79 Å². The largest absolute Gasteiger partial charge is 0.360 e. The molecule has 0 unspecified atom stereocenters. The number of aryl methyl sites for hydroxylation is 3. The maximum absolute atomic E-state index is 13.1. The summed E-state index contributed by atoms with van der Waals surface area (Å²) in [7, 11) is 0. The van der Waals surface area contributed by atoms with Crippen LogP contribution in [0, 0.1) is 20.8 Å². The molecule has 4 aromatic rings. The van der Waals surface area contributed by atoms with Gasteiger partial charge < -0.3 is 9.84 Å². The van der Waals surface area contributed by atoms with E-state index in [-0.39, 0.29) is 5.91 Å². The molecular weight excluding hydrogens is 392 g/mol. The molecule has 1 N–H and O–H groups in total. The molecule has 0 radical (unpaired) electrons. The molecule has 0 saturated heterocycles. The molecule has 28 heavy (non-hydrogen) atoms. The van der Waals surface area contributed by atoms with Gasteiger partial charge in [0, 0.05) is 16.3 Å². The van der Waals surface area contributed by atoms with Crippen LogP contribution in [-0.2, 0) is 4.79 Å². The summed E-state index contributed by atoms with van der Waals surface area (Å²) in [5.41, 5.74) is 2.05. The molecule has 142 valence electrons. The van der Waals surface area contributed by atoms with E-state index in [1.165, 1.54) is 16.6 Å². The number of fused-ring (bicyclic) bond motifs is 1. The van der Waals surface area contributed by atoms with Gasteiger partial charge in [0.1, 0.15) is 27.2 Å². The van der Waals surface area contributed by atoms with E-state index in [0.29, 0.717) is 11.6 Å². The maximum atomic E-state index is 13.1. The molecule has 0 fully saturated rings. The fraction of sp³-hybridized carbons (Fsp3) is 0.200. The molecular formula is C20H18N4O2S2. The third-order valence-electron chi connectivity index (χ3n) is 4.38. The zero-order valence-corrected chi connectivity index (χ0v) is 17.2. The average Bonchev–Trinajstić information content (AvgIpc) is 3.23. The van der Waals surface area contributed by atoms with Crippen LogP contribution in [0.15, 0.2) is 52.3 Å². The van der Waals surface area contributed by atoms with Crippen molar-refractivity contribution in [1.29, 1.82) is 0 Å². The van der Waals surface area contributed by atoms with Crippen molar-refractivity contribution in [2.75, 3.05) is 5.32 Å². The number of hydrogen-bond acceptors (Lipinski definition) is 7. The molecule has 1 aromatic carbocycles. The summed E-state index contributed by atoms with van der Waals surface area (Å²) in [6, 6.07) is 11.3. The summed E-state index contributed by atoms with van der Waals surface area (Å²) in [6.45, 7) is 5.92. The number of aromatic nitrogens is 3. The van der Waals surface area contributed by atoms with Gasteiger partial charge in [-0.25, -0.2) is 9.97 Å². The highest BCUT2D eigenvalue weighted by atomic mass is 32.2. The molecule has 3 heterocycles. The van der Waals surface area contributed by atoms with Gasteiger partial charge in [-0.1, -0.05) is 47.3 Å². The van der Waals surface area contributed by atoms with Crippen LogP contribution in [0.3, 0.4) is 0 Å². The lowest BCUT2D eigenvalue weighted by atomic mass is 10.1. The minimum atomic E-state index is -0.490. The smallest absolute Gasteiger partial charge is 0.243 e. The molecule has 3 aromatic heterocycles. The van der Waals surface area contributed by atoms with E-state index < -0.39 is 5.25 Å². The standard InChI is InChI=1S/C20H18N4O2S2/c1-11-9-15(24-26-11)23-18(25)17(14-7-5-4-6-8-14)28-20-16-12(2)13(3)27-19(16)21-10-22-20/h4-10,17H,1-3H3,(H,23,24,25)/t17-/m0/s1. The van der Waals surface area contributed by atoms with Crippen molar-refractivity contribution in [2.24, 2.45) is 0 Å². The minimum Gasteiger partial charge on any atom is -0.360 e. The number of hydrogen-bond donors (Lipinski definition) is 1. The lowest BCUT2D eigenvalue weighted by molar-refractivity contribution is -0.115. The molecule has 4 rings (SSSR count). The minimum absolute atomic E-state index is 0.180. The summed E-state index contributed by atoms with van der Waals surface area (Å²) in [4.78, 5) is 24.1. The summed E-state index contributed by atoms with van der Waals surface area (Å²) in [5.74, 6) is 0.862. The van der Waals surface area contributed by atoms with E-state index in [1.807, 2.05) is 30.3 Å². The van der Waals surface area contributed by atoms with Crippen LogP contribution >= 0.6 is 23.1 Å². The van der Waals surface area contributed by atoms with Crippen molar-refractivity contribution >= 4 is 45.0 Å². The van der Waals surface area contributed by atoms with Crippen LogP contribution in [0.25, 0.3) is 10.2 Å². The third-order valence-corrected chi connectivity index (χ3v) is 6.75. The topological polar surface area (TPSA) is 80.9 Å². The first-order valence-corrected chi connectivity index (χ1v) is 10.4. The Kier molecular flexibility index (Phi) is 5.15. The fourth-order valence-corrected chi connectivity index (χ4v) is 5.09. The molecule has 0 aliphatic carbocycles. The van der Waals surface area contributed by atoms with E-state index in [0.717, 1.165) is 26.4 Å². The SMILES string of the molecule is Cc1cc(NC(=O)[C@@H](Sc2ncnc3sc(C)c(C)c23)c2ccccc2)no1. The Hall–Kier alpha value is -2.71. The number of anilines is 1. The summed E-state index contributed by atoms with van der Waals surface area (Å²) >= 11 is 3.06. The van der Waals surface area contributed by atoms with Gasteiger partial charge in [0.05, 0.1) is 0 Å². The van der Waals surface area contributed by atoms with E-state index in [1.54, 1.807) is 30.7 Å². The highest BCUT2D eigenvalue weighted by Gasteiger charge is 2.25. The van der Waals surface area contributed by atoms with Crippen molar-refractivity contribution in [3.05, 3.63) is 64.5 Å². The van der Waals surface area contributed by atoms with E-state index in [9.17, 15) is 4.79 Å². The average molecular weight is 411 g/mol. The Morgan fingerprint density at radius 3 is 2.68 bits per heavy atom. The molecule has 1 atom stereocenters. The van der Waals surface area contributed by atoms with Gasteiger partial charge >= 0.3 is 0 Å². The Morgan fingerprint density at radius 2 is 1.96 bits per heavy atom. The molecule has 0 bridgehead atoms. The monoisotopic (exact) mass is 410 g/mol. The van der Waals surface area contributed by atoms with Gasteiger partial charge in [-0.15, -0.1) is 11.3 Å². The number of nitrogens with zero attached hydrogens (tertiary/aromatic N) is 3. The van der Waals surface area contributed by atoms with E-state index in [4.69, 9.17) is 4.52 Å².